The predicted octanol–water partition coefficient (Wildman–Crippen LogP) is 3.40. The fraction of sp³-hybridized carbons (Fsp3) is 0.381. The molecule has 2 aliphatic heterocycles. The van der Waals surface area contributed by atoms with Crippen LogP contribution in [0.2, 0.25) is 0 Å². The summed E-state index contributed by atoms with van der Waals surface area (Å²) in [5, 5.41) is 2.46. The Hall–Kier alpha value is -2.99. The lowest BCUT2D eigenvalue weighted by Gasteiger charge is -2.31. The summed E-state index contributed by atoms with van der Waals surface area (Å²) in [6.45, 7) is 0.904. The number of amides is 1. The number of carbonyl (C=O) groups is 1. The molecule has 2 aromatic carbocycles. The molecule has 12 heteroatoms. The third-order valence-corrected chi connectivity index (χ3v) is 7.24. The molecule has 0 spiro atoms. The molecule has 4 rings (SSSR count). The Bertz CT molecular complexity index is 1130. The second-order valence-electron chi connectivity index (χ2n) is 7.52. The Balaban J connectivity index is 1.39. The van der Waals surface area contributed by atoms with E-state index < -0.39 is 34.0 Å². The maximum atomic E-state index is 13.0. The van der Waals surface area contributed by atoms with E-state index in [-0.39, 0.29) is 36.5 Å². The second kappa shape index (κ2) is 9.10. The van der Waals surface area contributed by atoms with Crippen molar-refractivity contribution in [2.24, 2.45) is 5.92 Å². The van der Waals surface area contributed by atoms with Crippen LogP contribution in [0.15, 0.2) is 47.4 Å². The first-order chi connectivity index (χ1) is 15.6. The number of para-hydroxylation sites is 2. The Kier molecular flexibility index (Phi) is 6.39. The number of alkyl halides is 3. The number of anilines is 1. The number of fused-ring (bicyclic) bond motifs is 1. The van der Waals surface area contributed by atoms with Gasteiger partial charge >= 0.3 is 6.36 Å². The van der Waals surface area contributed by atoms with Crippen LogP contribution in [0, 0.1) is 5.92 Å². The van der Waals surface area contributed by atoms with Gasteiger partial charge in [-0.15, -0.1) is 13.2 Å². The zero-order valence-electron chi connectivity index (χ0n) is 17.3. The first kappa shape index (κ1) is 23.2. The average molecular weight is 486 g/mol. The molecule has 0 aliphatic carbocycles. The number of nitrogens with one attached hydrogen (secondary N) is 1. The lowest BCUT2D eigenvalue weighted by molar-refractivity contribution is -0.274. The van der Waals surface area contributed by atoms with E-state index in [0.29, 0.717) is 24.7 Å². The van der Waals surface area contributed by atoms with E-state index in [9.17, 15) is 26.4 Å². The lowest BCUT2D eigenvalue weighted by Crippen LogP contribution is -2.41. The minimum Gasteiger partial charge on any atom is -0.486 e. The number of nitrogens with zero attached hydrogens (tertiary/aromatic N) is 1. The summed E-state index contributed by atoms with van der Waals surface area (Å²) in [4.78, 5) is 12.7. The second-order valence-corrected chi connectivity index (χ2v) is 9.45. The molecule has 0 aromatic heterocycles. The van der Waals surface area contributed by atoms with Crippen molar-refractivity contribution in [3.8, 4) is 17.2 Å². The maximum Gasteiger partial charge on any atom is 0.573 e. The number of hydrogen-bond acceptors (Lipinski definition) is 6. The van der Waals surface area contributed by atoms with Gasteiger partial charge in [-0.2, -0.15) is 4.31 Å². The minimum absolute atomic E-state index is 0.0629. The van der Waals surface area contributed by atoms with Crippen molar-refractivity contribution in [1.29, 1.82) is 0 Å². The fourth-order valence-electron chi connectivity index (χ4n) is 3.71. The van der Waals surface area contributed by atoms with E-state index in [1.165, 1.54) is 34.6 Å². The summed E-state index contributed by atoms with van der Waals surface area (Å²) in [6, 6.07) is 9.65. The van der Waals surface area contributed by atoms with Gasteiger partial charge in [0, 0.05) is 25.1 Å². The van der Waals surface area contributed by atoms with E-state index in [2.05, 4.69) is 10.1 Å². The molecular weight excluding hydrogens is 465 g/mol. The highest BCUT2D eigenvalue weighted by molar-refractivity contribution is 7.89. The highest BCUT2D eigenvalue weighted by Gasteiger charge is 2.34. The topological polar surface area (TPSA) is 94.2 Å². The van der Waals surface area contributed by atoms with E-state index in [4.69, 9.17) is 9.47 Å². The van der Waals surface area contributed by atoms with Crippen molar-refractivity contribution < 1.29 is 40.6 Å². The summed E-state index contributed by atoms with van der Waals surface area (Å²) in [6.07, 6.45) is -4.45. The molecule has 0 unspecified atom stereocenters. The van der Waals surface area contributed by atoms with Crippen LogP contribution in [0.3, 0.4) is 0 Å². The number of carbonyl (C=O) groups excluding carboxylic acids is 1. The van der Waals surface area contributed by atoms with Crippen LogP contribution in [0.1, 0.15) is 12.8 Å². The van der Waals surface area contributed by atoms with Gasteiger partial charge in [0.2, 0.25) is 15.9 Å². The molecule has 2 heterocycles. The third-order valence-electron chi connectivity index (χ3n) is 5.35. The van der Waals surface area contributed by atoms with Crippen molar-refractivity contribution in [1.82, 2.24) is 4.31 Å². The first-order valence-electron chi connectivity index (χ1n) is 10.2. The number of ether oxygens (including phenoxy) is 3. The molecule has 1 amide bonds. The minimum atomic E-state index is -4.89. The number of hydrogen-bond donors (Lipinski definition) is 1. The number of halogens is 3. The summed E-state index contributed by atoms with van der Waals surface area (Å²) in [5.74, 6) is -0.737. The number of piperidine rings is 1. The fourth-order valence-corrected chi connectivity index (χ4v) is 5.20. The van der Waals surface area contributed by atoms with E-state index in [0.717, 1.165) is 6.07 Å². The van der Waals surface area contributed by atoms with E-state index in [1.807, 2.05) is 0 Å². The van der Waals surface area contributed by atoms with Gasteiger partial charge in [-0.25, -0.2) is 8.42 Å². The monoisotopic (exact) mass is 486 g/mol. The van der Waals surface area contributed by atoms with Crippen LogP contribution in [0.5, 0.6) is 17.2 Å². The Morgan fingerprint density at radius 2 is 1.70 bits per heavy atom. The molecule has 1 saturated heterocycles. The van der Waals surface area contributed by atoms with Gasteiger partial charge in [0.15, 0.2) is 17.2 Å². The largest absolute Gasteiger partial charge is 0.573 e. The van der Waals surface area contributed by atoms with Crippen LogP contribution in [0.25, 0.3) is 0 Å². The molecule has 2 aliphatic rings. The molecule has 1 fully saturated rings. The first-order valence-corrected chi connectivity index (χ1v) is 11.6. The Morgan fingerprint density at radius 3 is 2.39 bits per heavy atom. The van der Waals surface area contributed by atoms with E-state index in [1.54, 1.807) is 6.07 Å². The normalized spacial score (nSPS) is 17.4. The van der Waals surface area contributed by atoms with Crippen LogP contribution >= 0.6 is 0 Å². The molecule has 0 bridgehead atoms. The van der Waals surface area contributed by atoms with Crippen molar-refractivity contribution in [3.63, 3.8) is 0 Å². The number of benzene rings is 2. The molecule has 8 nitrogen and oxygen atoms in total. The standard InChI is InChI=1S/C21H21F3N2O6S/c22-21(23,24)32-17-4-2-1-3-16(17)25-20(27)14-7-9-26(10-8-14)33(28,29)15-5-6-18-19(13-15)31-12-11-30-18/h1-6,13-14H,7-12H2,(H,25,27). The summed E-state index contributed by atoms with van der Waals surface area (Å²) in [7, 11) is -3.81. The average Bonchev–Trinajstić information content (AvgIpc) is 2.79. The smallest absolute Gasteiger partial charge is 0.486 e. The van der Waals surface area contributed by atoms with Crippen molar-refractivity contribution in [2.45, 2.75) is 24.1 Å². The molecule has 2 aromatic rings. The zero-order chi connectivity index (χ0) is 23.6. The maximum absolute atomic E-state index is 13.0. The van der Waals surface area contributed by atoms with Gasteiger partial charge in [0.25, 0.3) is 0 Å². The molecule has 0 radical (unpaired) electrons. The molecule has 1 N–H and O–H groups in total. The molecule has 178 valence electrons. The molecule has 0 atom stereocenters. The van der Waals surface area contributed by atoms with Gasteiger partial charge in [-0.1, -0.05) is 12.1 Å². The molecule has 33 heavy (non-hydrogen) atoms. The summed E-state index contributed by atoms with van der Waals surface area (Å²) >= 11 is 0. The van der Waals surface area contributed by atoms with Gasteiger partial charge in [0.05, 0.1) is 10.6 Å². The zero-order valence-corrected chi connectivity index (χ0v) is 18.1. The SMILES string of the molecule is O=C(Nc1ccccc1OC(F)(F)F)C1CCN(S(=O)(=O)c2ccc3c(c2)OCCO3)CC1. The van der Waals surface area contributed by atoms with Crippen LogP contribution in [0.4, 0.5) is 18.9 Å². The Labute approximate surface area is 188 Å². The Morgan fingerprint density at radius 1 is 1.03 bits per heavy atom. The quantitative estimate of drug-likeness (QED) is 0.697. The number of sulfonamides is 1. The van der Waals surface area contributed by atoms with Crippen LogP contribution in [-0.2, 0) is 14.8 Å². The lowest BCUT2D eigenvalue weighted by atomic mass is 9.97. The van der Waals surface area contributed by atoms with Crippen molar-refractivity contribution in [2.75, 3.05) is 31.6 Å². The highest BCUT2D eigenvalue weighted by atomic mass is 32.2. The predicted molar refractivity (Wildman–Crippen MR) is 111 cm³/mol. The van der Waals surface area contributed by atoms with Crippen LogP contribution in [-0.4, -0.2) is 51.3 Å². The van der Waals surface area contributed by atoms with Gasteiger partial charge in [-0.3, -0.25) is 4.79 Å². The van der Waals surface area contributed by atoms with Gasteiger partial charge < -0.3 is 19.5 Å². The third kappa shape index (κ3) is 5.33. The molecular formula is C21H21F3N2O6S. The van der Waals surface area contributed by atoms with Crippen molar-refractivity contribution >= 4 is 21.6 Å². The molecule has 0 saturated carbocycles. The number of rotatable bonds is 5. The van der Waals surface area contributed by atoms with Gasteiger partial charge in [0.1, 0.15) is 13.2 Å². The van der Waals surface area contributed by atoms with Gasteiger partial charge in [-0.05, 0) is 37.1 Å². The highest BCUT2D eigenvalue weighted by Crippen LogP contribution is 2.35. The van der Waals surface area contributed by atoms with E-state index >= 15 is 0 Å². The van der Waals surface area contributed by atoms with Crippen LogP contribution < -0.4 is 19.5 Å². The summed E-state index contributed by atoms with van der Waals surface area (Å²) < 4.78 is 79.9. The van der Waals surface area contributed by atoms with Crippen molar-refractivity contribution in [3.05, 3.63) is 42.5 Å². The summed E-state index contributed by atoms with van der Waals surface area (Å²) in [5.41, 5.74) is -0.105.